The quantitative estimate of drug-likeness (QED) is 0.826. The molecule has 0 bridgehead atoms. The van der Waals surface area contributed by atoms with Crippen molar-refractivity contribution in [1.82, 2.24) is 10.3 Å². The zero-order chi connectivity index (χ0) is 13.7. The first-order chi connectivity index (χ1) is 8.49. The third kappa shape index (κ3) is 3.28. The first-order valence-electron chi connectivity index (χ1n) is 5.45. The molecule has 0 fully saturated rings. The minimum atomic E-state index is -0.758. The maximum absolute atomic E-state index is 13.6. The normalized spacial score (nSPS) is 10.1. The molecule has 2 N–H and O–H groups in total. The summed E-state index contributed by atoms with van der Waals surface area (Å²) in [6.45, 7) is 0.290. The van der Waals surface area contributed by atoms with E-state index in [1.54, 1.807) is 7.05 Å². The van der Waals surface area contributed by atoms with E-state index in [0.717, 1.165) is 6.07 Å². The number of nitrogens with one attached hydrogen (secondary N) is 2. The Hall–Kier alpha value is -1.92. The summed E-state index contributed by atoms with van der Waals surface area (Å²) < 4.78 is 26.8. The molecule has 1 amide bonds. The molecule has 0 aliphatic rings. The Labute approximate surface area is 104 Å². The van der Waals surface area contributed by atoms with Crippen LogP contribution in [0.3, 0.4) is 0 Å². The fourth-order valence-electron chi connectivity index (χ4n) is 1.40. The van der Waals surface area contributed by atoms with Gasteiger partial charge in [-0.2, -0.15) is 0 Å². The van der Waals surface area contributed by atoms with E-state index in [1.807, 2.05) is 0 Å². The van der Waals surface area contributed by atoms with Crippen LogP contribution in [0.1, 0.15) is 6.42 Å². The molecule has 0 unspecified atom stereocenters. The number of pyridine rings is 1. The number of carbonyl (C=O) groups excluding carboxylic acids is 1. The molecule has 0 aliphatic carbocycles. The highest BCUT2D eigenvalue weighted by Gasteiger charge is 2.15. The number of anilines is 2. The van der Waals surface area contributed by atoms with Gasteiger partial charge in [0, 0.05) is 40.2 Å². The minimum Gasteiger partial charge on any atom is -0.371 e. The average Bonchev–Trinajstić information content (AvgIpc) is 2.35. The fourth-order valence-corrected chi connectivity index (χ4v) is 1.40. The smallest absolute Gasteiger partial charge is 0.221 e. The van der Waals surface area contributed by atoms with Crippen LogP contribution in [0.25, 0.3) is 0 Å². The van der Waals surface area contributed by atoms with E-state index in [-0.39, 0.29) is 24.0 Å². The number of amides is 1. The van der Waals surface area contributed by atoms with Crippen molar-refractivity contribution in [3.8, 4) is 0 Å². The summed E-state index contributed by atoms with van der Waals surface area (Å²) in [5, 5.41) is 5.00. The molecule has 1 aromatic rings. The van der Waals surface area contributed by atoms with Crippen LogP contribution in [-0.4, -0.2) is 38.6 Å². The van der Waals surface area contributed by atoms with E-state index < -0.39 is 11.6 Å². The first-order valence-corrected chi connectivity index (χ1v) is 5.45. The second kappa shape index (κ2) is 6.13. The van der Waals surface area contributed by atoms with Gasteiger partial charge in [0.15, 0.2) is 23.3 Å². The summed E-state index contributed by atoms with van der Waals surface area (Å²) in [4.78, 5) is 16.4. The predicted molar refractivity (Wildman–Crippen MR) is 65.7 cm³/mol. The van der Waals surface area contributed by atoms with Gasteiger partial charge in [0.25, 0.3) is 0 Å². The highest BCUT2D eigenvalue weighted by Crippen LogP contribution is 2.21. The van der Waals surface area contributed by atoms with Crippen molar-refractivity contribution in [2.45, 2.75) is 6.42 Å². The van der Waals surface area contributed by atoms with Crippen LogP contribution in [0.2, 0.25) is 0 Å². The van der Waals surface area contributed by atoms with Crippen molar-refractivity contribution in [2.75, 3.05) is 37.9 Å². The lowest BCUT2D eigenvalue weighted by molar-refractivity contribution is -0.120. The molecule has 100 valence electrons. The van der Waals surface area contributed by atoms with Gasteiger partial charge in [-0.3, -0.25) is 4.79 Å². The van der Waals surface area contributed by atoms with E-state index in [2.05, 4.69) is 15.6 Å². The molecule has 18 heavy (non-hydrogen) atoms. The second-order valence-electron chi connectivity index (χ2n) is 3.72. The van der Waals surface area contributed by atoms with E-state index in [4.69, 9.17) is 0 Å². The lowest BCUT2D eigenvalue weighted by Crippen LogP contribution is -2.27. The van der Waals surface area contributed by atoms with Crippen molar-refractivity contribution < 1.29 is 13.6 Å². The Morgan fingerprint density at radius 2 is 2.06 bits per heavy atom. The molecule has 0 aliphatic heterocycles. The lowest BCUT2D eigenvalue weighted by atomic mass is 10.3. The van der Waals surface area contributed by atoms with Gasteiger partial charge in [-0.25, -0.2) is 13.8 Å². The molecule has 0 aromatic carbocycles. The monoisotopic (exact) mass is 258 g/mol. The molecular weight excluding hydrogens is 242 g/mol. The number of hydrogen-bond acceptors (Lipinski definition) is 4. The van der Waals surface area contributed by atoms with Crippen molar-refractivity contribution >= 4 is 17.5 Å². The third-order valence-corrected chi connectivity index (χ3v) is 2.46. The van der Waals surface area contributed by atoms with Crippen molar-refractivity contribution in [3.63, 3.8) is 0 Å². The van der Waals surface area contributed by atoms with E-state index >= 15 is 0 Å². The molecule has 5 nitrogen and oxygen atoms in total. The van der Waals surface area contributed by atoms with Gasteiger partial charge in [-0.05, 0) is 0 Å². The SMILES string of the molecule is CNC(=O)CCN(C)c1nc(NC)c(F)cc1F. The van der Waals surface area contributed by atoms with Crippen molar-refractivity contribution in [3.05, 3.63) is 17.7 Å². The van der Waals surface area contributed by atoms with Gasteiger partial charge < -0.3 is 15.5 Å². The summed E-state index contributed by atoms with van der Waals surface area (Å²) in [6.07, 6.45) is 0.209. The highest BCUT2D eigenvalue weighted by atomic mass is 19.1. The fraction of sp³-hybridized carbons (Fsp3) is 0.455. The molecule has 7 heteroatoms. The molecule has 0 saturated heterocycles. The third-order valence-electron chi connectivity index (χ3n) is 2.46. The van der Waals surface area contributed by atoms with E-state index in [1.165, 1.54) is 19.0 Å². The number of carbonyl (C=O) groups is 1. The van der Waals surface area contributed by atoms with Crippen LogP contribution in [0.5, 0.6) is 0 Å². The summed E-state index contributed by atoms with van der Waals surface area (Å²) >= 11 is 0. The Morgan fingerprint density at radius 3 is 2.61 bits per heavy atom. The average molecular weight is 258 g/mol. The Balaban J connectivity index is 2.84. The summed E-state index contributed by atoms with van der Waals surface area (Å²) in [5.41, 5.74) is 0. The van der Waals surface area contributed by atoms with Crippen LogP contribution < -0.4 is 15.5 Å². The number of nitrogens with zero attached hydrogens (tertiary/aromatic N) is 2. The molecule has 1 heterocycles. The molecule has 1 rings (SSSR count). The number of halogens is 2. The van der Waals surface area contributed by atoms with Gasteiger partial charge in [0.05, 0.1) is 0 Å². The highest BCUT2D eigenvalue weighted by molar-refractivity contribution is 5.76. The molecule has 0 saturated carbocycles. The second-order valence-corrected chi connectivity index (χ2v) is 3.72. The maximum atomic E-state index is 13.6. The lowest BCUT2D eigenvalue weighted by Gasteiger charge is -2.19. The number of aromatic nitrogens is 1. The summed E-state index contributed by atoms with van der Waals surface area (Å²) in [7, 11) is 4.61. The van der Waals surface area contributed by atoms with Crippen molar-refractivity contribution in [2.24, 2.45) is 0 Å². The number of hydrogen-bond donors (Lipinski definition) is 2. The van der Waals surface area contributed by atoms with E-state index in [9.17, 15) is 13.6 Å². The number of rotatable bonds is 5. The first kappa shape index (κ1) is 14.1. The standard InChI is InChI=1S/C11H16F2N4O/c1-14-9(18)4-5-17(3)11-8(13)6-7(12)10(15-2)16-11/h6H,4-5H2,1-3H3,(H,14,18)(H,15,16). The Morgan fingerprint density at radius 1 is 1.39 bits per heavy atom. The van der Waals surface area contributed by atoms with Crippen LogP contribution in [0.4, 0.5) is 20.4 Å². The molecule has 0 spiro atoms. The van der Waals surface area contributed by atoms with Gasteiger partial charge in [-0.15, -0.1) is 0 Å². The molecule has 0 radical (unpaired) electrons. The minimum absolute atomic E-state index is 0.00431. The summed E-state index contributed by atoms with van der Waals surface area (Å²) in [6, 6.07) is 0.768. The zero-order valence-electron chi connectivity index (χ0n) is 10.6. The van der Waals surface area contributed by atoms with Crippen LogP contribution in [0, 0.1) is 11.6 Å². The van der Waals surface area contributed by atoms with Gasteiger partial charge >= 0.3 is 0 Å². The van der Waals surface area contributed by atoms with Gasteiger partial charge in [-0.1, -0.05) is 0 Å². The zero-order valence-corrected chi connectivity index (χ0v) is 10.6. The topological polar surface area (TPSA) is 57.3 Å². The van der Waals surface area contributed by atoms with Crippen LogP contribution in [-0.2, 0) is 4.79 Å². The van der Waals surface area contributed by atoms with Crippen molar-refractivity contribution in [1.29, 1.82) is 0 Å². The van der Waals surface area contributed by atoms with E-state index in [0.29, 0.717) is 6.54 Å². The molecule has 1 aromatic heterocycles. The van der Waals surface area contributed by atoms with Crippen LogP contribution in [0.15, 0.2) is 6.07 Å². The van der Waals surface area contributed by atoms with Gasteiger partial charge in [0.1, 0.15) is 0 Å². The predicted octanol–water partition coefficient (Wildman–Crippen LogP) is 0.974. The summed E-state index contributed by atoms with van der Waals surface area (Å²) in [5.74, 6) is -1.69. The largest absolute Gasteiger partial charge is 0.371 e. The molecular formula is C11H16F2N4O. The molecule has 0 atom stereocenters. The van der Waals surface area contributed by atoms with Gasteiger partial charge in [0.2, 0.25) is 5.91 Å². The van der Waals surface area contributed by atoms with Crippen LogP contribution >= 0.6 is 0 Å². The Bertz CT molecular complexity index is 439. The Kier molecular flexibility index (Phi) is 4.82. The maximum Gasteiger partial charge on any atom is 0.221 e.